The standard InChI is InChI=1S/C6H13O3/c1-6(8)5-9-4-2-3-7/h4,6-8H,2-3,5H2,1H3. The number of rotatable bonds is 5. The quantitative estimate of drug-likeness (QED) is 0.516. The van der Waals surface area contributed by atoms with Crippen LogP contribution in [0.4, 0.5) is 0 Å². The normalized spacial score (nSPS) is 13.7. The van der Waals surface area contributed by atoms with Crippen LogP contribution in [0.2, 0.25) is 0 Å². The lowest BCUT2D eigenvalue weighted by Crippen LogP contribution is -2.09. The summed E-state index contributed by atoms with van der Waals surface area (Å²) in [6, 6.07) is 0. The number of aliphatic hydroxyl groups is 2. The van der Waals surface area contributed by atoms with Crippen molar-refractivity contribution in [2.24, 2.45) is 0 Å². The second-order valence-electron chi connectivity index (χ2n) is 1.86. The van der Waals surface area contributed by atoms with Gasteiger partial charge in [0.25, 0.3) is 0 Å². The highest BCUT2D eigenvalue weighted by molar-refractivity contribution is 4.50. The molecule has 3 nitrogen and oxygen atoms in total. The average Bonchev–Trinajstić information content (AvgIpc) is 1.80. The van der Waals surface area contributed by atoms with Crippen LogP contribution in [0.5, 0.6) is 0 Å². The van der Waals surface area contributed by atoms with E-state index in [-0.39, 0.29) is 6.61 Å². The molecule has 0 aliphatic heterocycles. The van der Waals surface area contributed by atoms with Crippen LogP contribution < -0.4 is 0 Å². The molecule has 0 aliphatic carbocycles. The van der Waals surface area contributed by atoms with Gasteiger partial charge in [0.15, 0.2) is 0 Å². The molecule has 55 valence electrons. The highest BCUT2D eigenvalue weighted by atomic mass is 16.5. The fraction of sp³-hybridized carbons (Fsp3) is 0.833. The molecule has 0 spiro atoms. The van der Waals surface area contributed by atoms with Gasteiger partial charge in [0, 0.05) is 6.61 Å². The third-order valence-corrected chi connectivity index (χ3v) is 0.702. The van der Waals surface area contributed by atoms with Crippen LogP contribution in [0.15, 0.2) is 0 Å². The van der Waals surface area contributed by atoms with Gasteiger partial charge in [-0.15, -0.1) is 0 Å². The Morgan fingerprint density at radius 3 is 2.78 bits per heavy atom. The van der Waals surface area contributed by atoms with Gasteiger partial charge in [-0.25, -0.2) is 0 Å². The Morgan fingerprint density at radius 1 is 1.67 bits per heavy atom. The zero-order valence-electron chi connectivity index (χ0n) is 5.58. The zero-order valence-corrected chi connectivity index (χ0v) is 5.58. The Labute approximate surface area is 55.3 Å². The molecular formula is C6H13O3. The maximum absolute atomic E-state index is 8.64. The molecule has 1 radical (unpaired) electrons. The summed E-state index contributed by atoms with van der Waals surface area (Å²) in [5.74, 6) is 0. The third kappa shape index (κ3) is 7.88. The molecule has 0 aliphatic rings. The molecule has 0 fully saturated rings. The molecule has 3 heteroatoms. The summed E-state index contributed by atoms with van der Waals surface area (Å²) in [5, 5.41) is 16.9. The van der Waals surface area contributed by atoms with Crippen LogP contribution in [0, 0.1) is 6.61 Å². The highest BCUT2D eigenvalue weighted by Crippen LogP contribution is 1.89. The van der Waals surface area contributed by atoms with E-state index in [1.807, 2.05) is 0 Å². The lowest BCUT2D eigenvalue weighted by molar-refractivity contribution is 0.0716. The van der Waals surface area contributed by atoms with Gasteiger partial charge in [0.05, 0.1) is 19.3 Å². The minimum atomic E-state index is -0.431. The predicted octanol–water partition coefficient (Wildman–Crippen LogP) is -0.0720. The van der Waals surface area contributed by atoms with Crippen molar-refractivity contribution < 1.29 is 14.9 Å². The molecule has 0 aromatic rings. The summed E-state index contributed by atoms with van der Waals surface area (Å²) in [7, 11) is 0. The third-order valence-electron chi connectivity index (χ3n) is 0.702. The molecular weight excluding hydrogens is 120 g/mol. The van der Waals surface area contributed by atoms with Crippen LogP contribution in [0.1, 0.15) is 13.3 Å². The second kappa shape index (κ2) is 6.01. The molecule has 2 N–H and O–H groups in total. The summed E-state index contributed by atoms with van der Waals surface area (Å²) >= 11 is 0. The first-order chi connectivity index (χ1) is 4.27. The van der Waals surface area contributed by atoms with Crippen molar-refractivity contribution in [2.75, 3.05) is 13.2 Å². The van der Waals surface area contributed by atoms with Crippen molar-refractivity contribution in [1.29, 1.82) is 0 Å². The van der Waals surface area contributed by atoms with Crippen LogP contribution >= 0.6 is 0 Å². The maximum Gasteiger partial charge on any atom is 0.0860 e. The van der Waals surface area contributed by atoms with Gasteiger partial charge in [-0.1, -0.05) is 0 Å². The Kier molecular flexibility index (Phi) is 5.93. The summed E-state index contributed by atoms with van der Waals surface area (Å²) in [5.41, 5.74) is 0. The molecule has 1 unspecified atom stereocenters. The topological polar surface area (TPSA) is 49.7 Å². The summed E-state index contributed by atoms with van der Waals surface area (Å²) in [6.07, 6.45) is 0.0899. The van der Waals surface area contributed by atoms with Gasteiger partial charge in [0.1, 0.15) is 0 Å². The van der Waals surface area contributed by atoms with E-state index in [1.165, 1.54) is 6.61 Å². The van der Waals surface area contributed by atoms with Gasteiger partial charge in [-0.3, -0.25) is 0 Å². The molecule has 0 aromatic carbocycles. The van der Waals surface area contributed by atoms with Crippen molar-refractivity contribution >= 4 is 0 Å². The number of hydrogen-bond donors (Lipinski definition) is 2. The van der Waals surface area contributed by atoms with Gasteiger partial charge >= 0.3 is 0 Å². The summed E-state index contributed by atoms with van der Waals surface area (Å²) < 4.78 is 4.80. The van der Waals surface area contributed by atoms with Crippen LogP contribution in [-0.4, -0.2) is 29.5 Å². The van der Waals surface area contributed by atoms with E-state index in [9.17, 15) is 0 Å². The molecule has 0 heterocycles. The van der Waals surface area contributed by atoms with Crippen LogP contribution in [0.3, 0.4) is 0 Å². The van der Waals surface area contributed by atoms with E-state index >= 15 is 0 Å². The first kappa shape index (κ1) is 8.88. The van der Waals surface area contributed by atoms with Gasteiger partial charge in [-0.2, -0.15) is 0 Å². The minimum Gasteiger partial charge on any atom is -0.396 e. The zero-order chi connectivity index (χ0) is 7.11. The average molecular weight is 133 g/mol. The fourth-order valence-electron chi connectivity index (χ4n) is 0.343. The predicted molar refractivity (Wildman–Crippen MR) is 33.6 cm³/mol. The van der Waals surface area contributed by atoms with E-state index in [4.69, 9.17) is 14.9 Å². The smallest absolute Gasteiger partial charge is 0.0860 e. The van der Waals surface area contributed by atoms with Crippen LogP contribution in [0.25, 0.3) is 0 Å². The maximum atomic E-state index is 8.64. The number of hydrogen-bond acceptors (Lipinski definition) is 3. The monoisotopic (exact) mass is 133 g/mol. The number of ether oxygens (including phenoxy) is 1. The van der Waals surface area contributed by atoms with E-state index in [0.717, 1.165) is 0 Å². The van der Waals surface area contributed by atoms with E-state index in [2.05, 4.69) is 0 Å². The van der Waals surface area contributed by atoms with Gasteiger partial charge < -0.3 is 14.9 Å². The number of aliphatic hydroxyl groups excluding tert-OH is 2. The molecule has 0 rings (SSSR count). The van der Waals surface area contributed by atoms with Crippen molar-refractivity contribution in [3.63, 3.8) is 0 Å². The fourth-order valence-corrected chi connectivity index (χ4v) is 0.343. The van der Waals surface area contributed by atoms with E-state index in [1.54, 1.807) is 6.92 Å². The summed E-state index contributed by atoms with van der Waals surface area (Å²) in [6.45, 7) is 3.54. The van der Waals surface area contributed by atoms with Crippen molar-refractivity contribution in [2.45, 2.75) is 19.4 Å². The van der Waals surface area contributed by atoms with Crippen molar-refractivity contribution in [1.82, 2.24) is 0 Å². The summed E-state index contributed by atoms with van der Waals surface area (Å²) in [4.78, 5) is 0. The minimum absolute atomic E-state index is 0.0970. The highest BCUT2D eigenvalue weighted by Gasteiger charge is 1.93. The second-order valence-corrected chi connectivity index (χ2v) is 1.86. The molecule has 0 aromatic heterocycles. The van der Waals surface area contributed by atoms with Crippen molar-refractivity contribution in [3.8, 4) is 0 Å². The lowest BCUT2D eigenvalue weighted by Gasteiger charge is -2.03. The van der Waals surface area contributed by atoms with E-state index in [0.29, 0.717) is 13.0 Å². The van der Waals surface area contributed by atoms with Crippen molar-refractivity contribution in [3.05, 3.63) is 6.61 Å². The Bertz CT molecular complexity index is 54.3. The molecule has 9 heavy (non-hydrogen) atoms. The van der Waals surface area contributed by atoms with E-state index < -0.39 is 6.10 Å². The molecule has 0 saturated heterocycles. The molecule has 0 bridgehead atoms. The molecule has 0 amide bonds. The first-order valence-corrected chi connectivity index (χ1v) is 2.99. The SMILES string of the molecule is CC(O)CO[CH]CCO. The Balaban J connectivity index is 2.75. The Morgan fingerprint density at radius 2 is 2.33 bits per heavy atom. The first-order valence-electron chi connectivity index (χ1n) is 2.99. The van der Waals surface area contributed by atoms with Gasteiger partial charge in [-0.05, 0) is 13.3 Å². The van der Waals surface area contributed by atoms with Gasteiger partial charge in [0.2, 0.25) is 0 Å². The molecule has 0 saturated carbocycles. The largest absolute Gasteiger partial charge is 0.396 e. The van der Waals surface area contributed by atoms with Crippen LogP contribution in [-0.2, 0) is 4.74 Å². The lowest BCUT2D eigenvalue weighted by atomic mass is 10.4. The Hall–Kier alpha value is -0.120. The molecule has 1 atom stereocenters.